The summed E-state index contributed by atoms with van der Waals surface area (Å²) >= 11 is 0. The highest BCUT2D eigenvalue weighted by Crippen LogP contribution is 2.30. The summed E-state index contributed by atoms with van der Waals surface area (Å²) in [4.78, 5) is 4.21. The van der Waals surface area contributed by atoms with E-state index < -0.39 is 11.7 Å². The summed E-state index contributed by atoms with van der Waals surface area (Å²) in [5.41, 5.74) is 0.388. The molecule has 0 spiro atoms. The Morgan fingerprint density at radius 1 is 1.24 bits per heavy atom. The standard InChI is InChI=1S/C11H12F3N3/c1-3-7-5-8(11(12,13)14)6-17-10(7)15-9(4-2)16-17/h5-6H,3-4H2,1-2H3. The van der Waals surface area contributed by atoms with Crippen molar-refractivity contribution in [2.24, 2.45) is 0 Å². The Hall–Kier alpha value is -1.59. The van der Waals surface area contributed by atoms with Crippen molar-refractivity contribution in [1.82, 2.24) is 14.6 Å². The van der Waals surface area contributed by atoms with Crippen LogP contribution in [0.1, 0.15) is 30.8 Å². The lowest BCUT2D eigenvalue weighted by molar-refractivity contribution is -0.138. The van der Waals surface area contributed by atoms with Crippen LogP contribution in [0, 0.1) is 0 Å². The van der Waals surface area contributed by atoms with E-state index in [1.165, 1.54) is 4.52 Å². The molecule has 0 bridgehead atoms. The van der Waals surface area contributed by atoms with Gasteiger partial charge in [0.05, 0.1) is 5.56 Å². The Kier molecular flexibility index (Phi) is 2.81. The second-order valence-electron chi connectivity index (χ2n) is 3.76. The zero-order valence-corrected chi connectivity index (χ0v) is 9.54. The molecule has 2 aromatic rings. The van der Waals surface area contributed by atoms with Crippen LogP contribution in [0.2, 0.25) is 0 Å². The zero-order valence-electron chi connectivity index (χ0n) is 9.54. The maximum atomic E-state index is 12.7. The molecule has 0 unspecified atom stereocenters. The van der Waals surface area contributed by atoms with Gasteiger partial charge in [0.25, 0.3) is 0 Å². The van der Waals surface area contributed by atoms with Crippen molar-refractivity contribution in [3.63, 3.8) is 0 Å². The molecule has 0 fully saturated rings. The van der Waals surface area contributed by atoms with Crippen molar-refractivity contribution < 1.29 is 13.2 Å². The molecule has 0 atom stereocenters. The van der Waals surface area contributed by atoms with Crippen LogP contribution >= 0.6 is 0 Å². The predicted octanol–water partition coefficient (Wildman–Crippen LogP) is 2.87. The van der Waals surface area contributed by atoms with Gasteiger partial charge in [-0.05, 0) is 18.1 Å². The molecule has 0 amide bonds. The Bertz CT molecular complexity index is 543. The Morgan fingerprint density at radius 2 is 1.94 bits per heavy atom. The van der Waals surface area contributed by atoms with Gasteiger partial charge in [0, 0.05) is 12.6 Å². The first kappa shape index (κ1) is 11.9. The number of fused-ring (bicyclic) bond motifs is 1. The third-order valence-electron chi connectivity index (χ3n) is 2.58. The smallest absolute Gasteiger partial charge is 0.220 e. The van der Waals surface area contributed by atoms with Crippen molar-refractivity contribution >= 4 is 5.65 Å². The minimum absolute atomic E-state index is 0.495. The van der Waals surface area contributed by atoms with E-state index in [-0.39, 0.29) is 0 Å². The molecular formula is C11H12F3N3. The van der Waals surface area contributed by atoms with Crippen LogP contribution < -0.4 is 0 Å². The van der Waals surface area contributed by atoms with Crippen molar-refractivity contribution in [2.75, 3.05) is 0 Å². The summed E-state index contributed by atoms with van der Waals surface area (Å²) < 4.78 is 39.2. The van der Waals surface area contributed by atoms with Gasteiger partial charge in [0.15, 0.2) is 11.5 Å². The van der Waals surface area contributed by atoms with Crippen LogP contribution in [0.25, 0.3) is 5.65 Å². The van der Waals surface area contributed by atoms with Gasteiger partial charge in [-0.3, -0.25) is 0 Å². The molecule has 0 aliphatic heterocycles. The first-order valence-corrected chi connectivity index (χ1v) is 5.41. The summed E-state index contributed by atoms with van der Waals surface area (Å²) in [6, 6.07) is 1.14. The van der Waals surface area contributed by atoms with E-state index in [2.05, 4.69) is 10.1 Å². The fourth-order valence-electron chi connectivity index (χ4n) is 1.66. The van der Waals surface area contributed by atoms with Crippen molar-refractivity contribution in [3.8, 4) is 0 Å². The lowest BCUT2D eigenvalue weighted by Crippen LogP contribution is -2.08. The van der Waals surface area contributed by atoms with E-state index in [1.54, 1.807) is 6.92 Å². The molecule has 0 aromatic carbocycles. The van der Waals surface area contributed by atoms with E-state index in [4.69, 9.17) is 0 Å². The highest BCUT2D eigenvalue weighted by molar-refractivity contribution is 5.49. The van der Waals surface area contributed by atoms with Crippen molar-refractivity contribution in [1.29, 1.82) is 0 Å². The Morgan fingerprint density at radius 3 is 2.47 bits per heavy atom. The molecule has 0 saturated carbocycles. The quantitative estimate of drug-likeness (QED) is 0.811. The molecule has 3 nitrogen and oxygen atoms in total. The molecule has 0 saturated heterocycles. The van der Waals surface area contributed by atoms with Crippen LogP contribution in [-0.2, 0) is 19.0 Å². The van der Waals surface area contributed by atoms with Crippen LogP contribution in [0.4, 0.5) is 13.2 Å². The first-order chi connectivity index (χ1) is 7.95. The highest BCUT2D eigenvalue weighted by atomic mass is 19.4. The molecule has 17 heavy (non-hydrogen) atoms. The molecule has 0 aliphatic rings. The molecule has 2 aromatic heterocycles. The number of rotatable bonds is 2. The highest BCUT2D eigenvalue weighted by Gasteiger charge is 2.32. The summed E-state index contributed by atoms with van der Waals surface area (Å²) in [6.07, 6.45) is -2.27. The third kappa shape index (κ3) is 2.11. The normalized spacial score (nSPS) is 12.3. The molecule has 0 N–H and O–H groups in total. The van der Waals surface area contributed by atoms with Crippen LogP contribution in [0.15, 0.2) is 12.3 Å². The van der Waals surface area contributed by atoms with E-state index in [9.17, 15) is 13.2 Å². The molecule has 6 heteroatoms. The van der Waals surface area contributed by atoms with E-state index in [1.807, 2.05) is 6.92 Å². The van der Waals surface area contributed by atoms with Gasteiger partial charge >= 0.3 is 6.18 Å². The molecule has 0 aliphatic carbocycles. The van der Waals surface area contributed by atoms with Gasteiger partial charge in [-0.2, -0.15) is 18.3 Å². The number of halogens is 3. The number of aromatic nitrogens is 3. The van der Waals surface area contributed by atoms with E-state index >= 15 is 0 Å². The maximum Gasteiger partial charge on any atom is 0.417 e. The van der Waals surface area contributed by atoms with Gasteiger partial charge in [0.2, 0.25) is 0 Å². The van der Waals surface area contributed by atoms with Crippen LogP contribution in [0.3, 0.4) is 0 Å². The van der Waals surface area contributed by atoms with Gasteiger partial charge in [0.1, 0.15) is 0 Å². The second-order valence-corrected chi connectivity index (χ2v) is 3.76. The minimum Gasteiger partial charge on any atom is -0.220 e. The van der Waals surface area contributed by atoms with Crippen molar-refractivity contribution in [3.05, 3.63) is 29.2 Å². The Balaban J connectivity index is 2.68. The Labute approximate surface area is 96.3 Å². The summed E-state index contributed by atoms with van der Waals surface area (Å²) in [7, 11) is 0. The van der Waals surface area contributed by atoms with E-state index in [0.29, 0.717) is 29.9 Å². The lowest BCUT2D eigenvalue weighted by atomic mass is 10.1. The average Bonchev–Trinajstić information content (AvgIpc) is 2.69. The fourth-order valence-corrected chi connectivity index (χ4v) is 1.66. The minimum atomic E-state index is -4.35. The van der Waals surface area contributed by atoms with Gasteiger partial charge < -0.3 is 0 Å². The third-order valence-corrected chi connectivity index (χ3v) is 2.58. The summed E-state index contributed by atoms with van der Waals surface area (Å²) in [5.74, 6) is 0.555. The number of pyridine rings is 1. The molecule has 2 heterocycles. The van der Waals surface area contributed by atoms with Gasteiger partial charge in [-0.25, -0.2) is 9.50 Å². The van der Waals surface area contributed by atoms with Gasteiger partial charge in [-0.1, -0.05) is 13.8 Å². The number of aryl methyl sites for hydroxylation is 2. The first-order valence-electron chi connectivity index (χ1n) is 5.41. The summed E-state index contributed by atoms with van der Waals surface area (Å²) in [6.45, 7) is 3.67. The number of nitrogens with zero attached hydrogens (tertiary/aromatic N) is 3. The number of hydrogen-bond donors (Lipinski definition) is 0. The zero-order chi connectivity index (χ0) is 12.6. The SMILES string of the molecule is CCc1nc2c(CC)cc(C(F)(F)F)cn2n1. The largest absolute Gasteiger partial charge is 0.417 e. The predicted molar refractivity (Wildman–Crippen MR) is 56.7 cm³/mol. The van der Waals surface area contributed by atoms with Crippen LogP contribution in [-0.4, -0.2) is 14.6 Å². The molecular weight excluding hydrogens is 231 g/mol. The molecule has 0 radical (unpaired) electrons. The number of alkyl halides is 3. The monoisotopic (exact) mass is 243 g/mol. The fraction of sp³-hybridized carbons (Fsp3) is 0.455. The molecule has 2 rings (SSSR count). The topological polar surface area (TPSA) is 30.2 Å². The summed E-state index contributed by atoms with van der Waals surface area (Å²) in [5, 5.41) is 4.02. The van der Waals surface area contributed by atoms with Gasteiger partial charge in [-0.15, -0.1) is 0 Å². The number of hydrogen-bond acceptors (Lipinski definition) is 2. The average molecular weight is 243 g/mol. The second kappa shape index (κ2) is 4.01. The van der Waals surface area contributed by atoms with Crippen molar-refractivity contribution in [2.45, 2.75) is 32.9 Å². The van der Waals surface area contributed by atoms with Crippen LogP contribution in [0.5, 0.6) is 0 Å². The molecule has 92 valence electrons. The lowest BCUT2D eigenvalue weighted by Gasteiger charge is -2.08. The maximum absolute atomic E-state index is 12.7. The van der Waals surface area contributed by atoms with E-state index in [0.717, 1.165) is 12.3 Å².